The van der Waals surface area contributed by atoms with Crippen molar-refractivity contribution in [1.29, 1.82) is 0 Å². The molecule has 0 unspecified atom stereocenters. The Morgan fingerprint density at radius 2 is 1.57 bits per heavy atom. The summed E-state index contributed by atoms with van der Waals surface area (Å²) < 4.78 is 12.4. The molecule has 0 radical (unpaired) electrons. The molecule has 130 valence electrons. The van der Waals surface area contributed by atoms with Crippen molar-refractivity contribution in [2.75, 3.05) is 19.0 Å². The Morgan fingerprint density at radius 3 is 2.04 bits per heavy atom. The van der Waals surface area contributed by atoms with Crippen LogP contribution in [0.1, 0.15) is 50.9 Å². The molecule has 1 aromatic heterocycles. The lowest BCUT2D eigenvalue weighted by Crippen LogP contribution is -2.15. The molecule has 0 aliphatic rings. The summed E-state index contributed by atoms with van der Waals surface area (Å²) in [7, 11) is 5.60. The van der Waals surface area contributed by atoms with E-state index in [4.69, 9.17) is 9.47 Å². The molecule has 7 nitrogen and oxygen atoms in total. The van der Waals surface area contributed by atoms with Gasteiger partial charge < -0.3 is 18.9 Å². The van der Waals surface area contributed by atoms with Crippen LogP contribution in [-0.4, -0.2) is 35.6 Å². The van der Waals surface area contributed by atoms with Gasteiger partial charge in [0.05, 0.1) is 5.69 Å². The molecule has 0 N–H and O–H groups in total. The number of anilines is 1. The third-order valence-corrected chi connectivity index (χ3v) is 3.32. The van der Waals surface area contributed by atoms with Crippen molar-refractivity contribution >= 4 is 17.9 Å². The average Bonchev–Trinajstić information content (AvgIpc) is 2.80. The molecule has 0 aliphatic carbocycles. The molecular formula is C16H27N3O4. The topological polar surface area (TPSA) is 73.7 Å². The van der Waals surface area contributed by atoms with Crippen molar-refractivity contribution in [3.63, 3.8) is 0 Å². The van der Waals surface area contributed by atoms with Crippen LogP contribution in [-0.2, 0) is 39.3 Å². The lowest BCUT2D eigenvalue weighted by atomic mass is 10.3. The summed E-state index contributed by atoms with van der Waals surface area (Å²) in [6.07, 6.45) is 2.26. The van der Waals surface area contributed by atoms with Crippen LogP contribution in [0.2, 0.25) is 0 Å². The molecule has 1 aromatic rings. The molecule has 7 heteroatoms. The number of hydrogen-bond donors (Lipinski definition) is 0. The number of ether oxygens (including phenoxy) is 2. The number of esters is 2. The van der Waals surface area contributed by atoms with E-state index in [9.17, 15) is 9.59 Å². The Kier molecular flexibility index (Phi) is 7.57. The number of carbonyl (C=O) groups excluding carboxylic acids is 2. The second-order valence-electron chi connectivity index (χ2n) is 5.58. The van der Waals surface area contributed by atoms with Gasteiger partial charge in [-0.1, -0.05) is 13.8 Å². The fourth-order valence-electron chi connectivity index (χ4n) is 2.12. The van der Waals surface area contributed by atoms with E-state index in [1.807, 2.05) is 44.5 Å². The van der Waals surface area contributed by atoms with Crippen LogP contribution in [0.5, 0.6) is 0 Å². The highest BCUT2D eigenvalue weighted by atomic mass is 16.5. The van der Waals surface area contributed by atoms with Crippen molar-refractivity contribution in [3.8, 4) is 0 Å². The van der Waals surface area contributed by atoms with E-state index in [-0.39, 0.29) is 25.2 Å². The minimum atomic E-state index is -0.251. The van der Waals surface area contributed by atoms with Crippen LogP contribution in [0.3, 0.4) is 0 Å². The fraction of sp³-hybridized carbons (Fsp3) is 0.688. The van der Waals surface area contributed by atoms with Crippen LogP contribution >= 0.6 is 0 Å². The maximum Gasteiger partial charge on any atom is 0.306 e. The van der Waals surface area contributed by atoms with Gasteiger partial charge in [-0.3, -0.25) is 9.59 Å². The number of rotatable bonds is 9. The quantitative estimate of drug-likeness (QED) is 0.648. The summed E-state index contributed by atoms with van der Waals surface area (Å²) in [6, 6.07) is 0. The highest BCUT2D eigenvalue weighted by Crippen LogP contribution is 2.19. The maximum absolute atomic E-state index is 11.6. The molecule has 1 rings (SSSR count). The van der Waals surface area contributed by atoms with Crippen LogP contribution in [0.4, 0.5) is 5.95 Å². The highest BCUT2D eigenvalue weighted by Gasteiger charge is 2.18. The second-order valence-corrected chi connectivity index (χ2v) is 5.58. The zero-order valence-corrected chi connectivity index (χ0v) is 14.7. The second kappa shape index (κ2) is 9.17. The SMILES string of the molecule is CCCC(=O)OCc1nc(N(C)C)n(C)c1COC(=O)CCC. The summed E-state index contributed by atoms with van der Waals surface area (Å²) >= 11 is 0. The van der Waals surface area contributed by atoms with Crippen LogP contribution < -0.4 is 4.90 Å². The van der Waals surface area contributed by atoms with Crippen molar-refractivity contribution in [2.45, 2.75) is 52.7 Å². The van der Waals surface area contributed by atoms with Crippen molar-refractivity contribution in [3.05, 3.63) is 11.4 Å². The standard InChI is InChI=1S/C16H27N3O4/c1-6-8-14(20)22-10-12-13(11-23-15(21)9-7-2)19(5)16(17-12)18(3)4/h6-11H2,1-5H3. The molecule has 0 spiro atoms. The van der Waals surface area contributed by atoms with Crippen molar-refractivity contribution < 1.29 is 19.1 Å². The third kappa shape index (κ3) is 5.58. The van der Waals surface area contributed by atoms with E-state index in [1.165, 1.54) is 0 Å². The molecule has 0 aliphatic heterocycles. The Morgan fingerprint density at radius 1 is 1.04 bits per heavy atom. The number of carbonyl (C=O) groups is 2. The molecule has 0 atom stereocenters. The van der Waals surface area contributed by atoms with Gasteiger partial charge in [-0.25, -0.2) is 4.98 Å². The lowest BCUT2D eigenvalue weighted by molar-refractivity contribution is -0.146. The fourth-order valence-corrected chi connectivity index (χ4v) is 2.12. The molecule has 0 saturated carbocycles. The average molecular weight is 325 g/mol. The summed E-state index contributed by atoms with van der Waals surface area (Å²) in [4.78, 5) is 29.5. The van der Waals surface area contributed by atoms with Gasteiger partial charge in [0.2, 0.25) is 5.95 Å². The predicted octanol–water partition coefficient (Wildman–Crippen LogP) is 2.17. The van der Waals surface area contributed by atoms with E-state index in [0.717, 1.165) is 18.5 Å². The molecule has 0 amide bonds. The predicted molar refractivity (Wildman–Crippen MR) is 86.9 cm³/mol. The first-order chi connectivity index (χ1) is 10.9. The van der Waals surface area contributed by atoms with Crippen molar-refractivity contribution in [2.24, 2.45) is 7.05 Å². The normalized spacial score (nSPS) is 10.5. The van der Waals surface area contributed by atoms with Gasteiger partial charge >= 0.3 is 11.9 Å². The molecule has 23 heavy (non-hydrogen) atoms. The summed E-state index contributed by atoms with van der Waals surface area (Å²) in [5.41, 5.74) is 1.35. The molecular weight excluding hydrogens is 298 g/mol. The van der Waals surface area contributed by atoms with Crippen LogP contribution in [0.15, 0.2) is 0 Å². The van der Waals surface area contributed by atoms with Gasteiger partial charge in [0, 0.05) is 34.0 Å². The number of nitrogens with zero attached hydrogens (tertiary/aromatic N) is 3. The van der Waals surface area contributed by atoms with Gasteiger partial charge in [0.1, 0.15) is 18.9 Å². The Balaban J connectivity index is 2.87. The Hall–Kier alpha value is -2.05. The lowest BCUT2D eigenvalue weighted by Gasteiger charge is -2.12. The zero-order valence-electron chi connectivity index (χ0n) is 14.7. The van der Waals surface area contributed by atoms with Gasteiger partial charge in [-0.2, -0.15) is 0 Å². The Labute approximate surface area is 137 Å². The van der Waals surface area contributed by atoms with Crippen LogP contribution in [0, 0.1) is 0 Å². The van der Waals surface area contributed by atoms with Gasteiger partial charge in [0.25, 0.3) is 0 Å². The molecule has 0 fully saturated rings. The Bertz CT molecular complexity index is 538. The number of imidazole rings is 1. The smallest absolute Gasteiger partial charge is 0.306 e. The first-order valence-electron chi connectivity index (χ1n) is 7.93. The molecule has 1 heterocycles. The number of aromatic nitrogens is 2. The summed E-state index contributed by atoms with van der Waals surface area (Å²) in [5, 5.41) is 0. The van der Waals surface area contributed by atoms with Crippen molar-refractivity contribution in [1.82, 2.24) is 9.55 Å². The maximum atomic E-state index is 11.6. The molecule has 0 saturated heterocycles. The molecule has 0 aromatic carbocycles. The van der Waals surface area contributed by atoms with Crippen LogP contribution in [0.25, 0.3) is 0 Å². The number of hydrogen-bond acceptors (Lipinski definition) is 6. The highest BCUT2D eigenvalue weighted by molar-refractivity contribution is 5.69. The monoisotopic (exact) mass is 325 g/mol. The van der Waals surface area contributed by atoms with Gasteiger partial charge in [0.15, 0.2) is 0 Å². The van der Waals surface area contributed by atoms with Gasteiger partial charge in [-0.15, -0.1) is 0 Å². The van der Waals surface area contributed by atoms with E-state index in [0.29, 0.717) is 24.5 Å². The summed E-state index contributed by atoms with van der Waals surface area (Å²) in [6.45, 7) is 4.05. The first-order valence-corrected chi connectivity index (χ1v) is 7.93. The summed E-state index contributed by atoms with van der Waals surface area (Å²) in [5.74, 6) is 0.223. The largest absolute Gasteiger partial charge is 0.459 e. The third-order valence-electron chi connectivity index (χ3n) is 3.32. The van der Waals surface area contributed by atoms with E-state index in [1.54, 1.807) is 0 Å². The van der Waals surface area contributed by atoms with Gasteiger partial charge in [-0.05, 0) is 12.8 Å². The zero-order chi connectivity index (χ0) is 17.4. The molecule has 0 bridgehead atoms. The van der Waals surface area contributed by atoms with E-state index in [2.05, 4.69) is 4.98 Å². The first kappa shape index (κ1) is 19.0. The van der Waals surface area contributed by atoms with E-state index >= 15 is 0 Å². The van der Waals surface area contributed by atoms with E-state index < -0.39 is 0 Å². The minimum absolute atomic E-state index is 0.0845. The minimum Gasteiger partial charge on any atom is -0.459 e.